The predicted molar refractivity (Wildman–Crippen MR) is 69.2 cm³/mol. The van der Waals surface area contributed by atoms with Gasteiger partial charge < -0.3 is 10.2 Å². The molecule has 0 heterocycles. The van der Waals surface area contributed by atoms with Crippen LogP contribution in [-0.2, 0) is 4.79 Å². The van der Waals surface area contributed by atoms with Crippen LogP contribution in [0.2, 0.25) is 0 Å². The van der Waals surface area contributed by atoms with Gasteiger partial charge in [0.2, 0.25) is 5.78 Å². The lowest BCUT2D eigenvalue weighted by Crippen LogP contribution is -2.58. The lowest BCUT2D eigenvalue weighted by atomic mass is 10.0. The number of Topliss-reactive ketones (excluding diaryl/α,β-unsaturated/α-hetero) is 1. The van der Waals surface area contributed by atoms with Crippen molar-refractivity contribution < 1.29 is 9.28 Å². The summed E-state index contributed by atoms with van der Waals surface area (Å²) in [5.41, 5.74) is 6.23. The maximum Gasteiger partial charge on any atom is 0.214 e. The van der Waals surface area contributed by atoms with Crippen LogP contribution in [0.25, 0.3) is 0 Å². The molecular weight excluding hydrogens is 200 g/mol. The Kier molecular flexibility index (Phi) is 6.53. The fraction of sp³-hybridized carbons (Fsp3) is 0.769. The van der Waals surface area contributed by atoms with Gasteiger partial charge in [-0.15, -0.1) is 0 Å². The maximum atomic E-state index is 12.0. The number of quaternary nitrogens is 1. The van der Waals surface area contributed by atoms with E-state index in [4.69, 9.17) is 5.73 Å². The van der Waals surface area contributed by atoms with Gasteiger partial charge in [0.25, 0.3) is 0 Å². The van der Waals surface area contributed by atoms with Gasteiger partial charge >= 0.3 is 0 Å². The molecule has 0 aliphatic rings. The first kappa shape index (κ1) is 15.3. The van der Waals surface area contributed by atoms with E-state index in [1.165, 1.54) is 0 Å². The van der Waals surface area contributed by atoms with Crippen molar-refractivity contribution in [2.75, 3.05) is 26.2 Å². The summed E-state index contributed by atoms with van der Waals surface area (Å²) in [6.45, 7) is 15.4. The Bertz CT molecular complexity index is 244. The van der Waals surface area contributed by atoms with E-state index in [1.54, 1.807) is 6.92 Å². The number of carbonyl (C=O) groups excluding carboxylic acids is 1. The van der Waals surface area contributed by atoms with Gasteiger partial charge in [-0.25, -0.2) is 0 Å². The highest BCUT2D eigenvalue weighted by molar-refractivity contribution is 5.97. The second kappa shape index (κ2) is 6.81. The van der Waals surface area contributed by atoms with Gasteiger partial charge in [0.1, 0.15) is 6.04 Å². The summed E-state index contributed by atoms with van der Waals surface area (Å²) in [6.07, 6.45) is 0.968. The Morgan fingerprint density at radius 3 is 2.19 bits per heavy atom. The molecule has 0 aromatic rings. The number of hydrogen-bond donors (Lipinski definition) is 1. The Morgan fingerprint density at radius 2 is 1.88 bits per heavy atom. The highest BCUT2D eigenvalue weighted by Crippen LogP contribution is 2.17. The third kappa shape index (κ3) is 3.42. The maximum absolute atomic E-state index is 12.0. The number of nitrogens with two attached hydrogens (primary N) is 1. The number of nitrogens with zero attached hydrogens (tertiary/aromatic N) is 1. The summed E-state index contributed by atoms with van der Waals surface area (Å²) in [4.78, 5) is 12.0. The summed E-state index contributed by atoms with van der Waals surface area (Å²) in [5.74, 6) is 0.181. The number of ketones is 1. The minimum atomic E-state index is -0.000880. The summed E-state index contributed by atoms with van der Waals surface area (Å²) < 4.78 is 0.822. The fourth-order valence-corrected chi connectivity index (χ4v) is 2.29. The van der Waals surface area contributed by atoms with Crippen LogP contribution >= 0.6 is 0 Å². The monoisotopic (exact) mass is 227 g/mol. The van der Waals surface area contributed by atoms with Crippen molar-refractivity contribution in [3.63, 3.8) is 0 Å². The van der Waals surface area contributed by atoms with Crippen molar-refractivity contribution in [1.29, 1.82) is 0 Å². The molecule has 94 valence electrons. The number of rotatable bonds is 8. The molecule has 0 aliphatic carbocycles. The molecule has 2 N–H and O–H groups in total. The van der Waals surface area contributed by atoms with Crippen LogP contribution < -0.4 is 5.73 Å². The van der Waals surface area contributed by atoms with Crippen LogP contribution in [0.1, 0.15) is 34.1 Å². The lowest BCUT2D eigenvalue weighted by molar-refractivity contribution is -0.937. The molecule has 3 nitrogen and oxygen atoms in total. The summed E-state index contributed by atoms with van der Waals surface area (Å²) in [5, 5.41) is 0. The van der Waals surface area contributed by atoms with Crippen molar-refractivity contribution >= 4 is 5.78 Å². The van der Waals surface area contributed by atoms with Crippen molar-refractivity contribution in [3.8, 4) is 0 Å². The van der Waals surface area contributed by atoms with Gasteiger partial charge in [-0.3, -0.25) is 4.79 Å². The Morgan fingerprint density at radius 1 is 1.38 bits per heavy atom. The molecule has 3 heteroatoms. The van der Waals surface area contributed by atoms with E-state index < -0.39 is 0 Å². The zero-order valence-corrected chi connectivity index (χ0v) is 11.3. The quantitative estimate of drug-likeness (QED) is 0.507. The lowest BCUT2D eigenvalue weighted by Gasteiger charge is -2.41. The normalized spacial score (nSPS) is 13.6. The molecule has 0 saturated carbocycles. The largest absolute Gasteiger partial charge is 0.330 e. The SMILES string of the molecule is C=C(C)C(=O)C(C)[N+](CC)(CC)CCCN. The van der Waals surface area contributed by atoms with Gasteiger partial charge in [-0.05, 0) is 39.8 Å². The smallest absolute Gasteiger partial charge is 0.214 e. The second-order valence-electron chi connectivity index (χ2n) is 4.54. The first-order valence-corrected chi connectivity index (χ1v) is 6.20. The molecule has 0 spiro atoms. The van der Waals surface area contributed by atoms with E-state index in [1.807, 2.05) is 6.92 Å². The molecule has 0 radical (unpaired) electrons. The first-order valence-electron chi connectivity index (χ1n) is 6.20. The van der Waals surface area contributed by atoms with Gasteiger partial charge in [0, 0.05) is 6.42 Å². The van der Waals surface area contributed by atoms with Crippen LogP contribution in [0, 0.1) is 0 Å². The molecule has 0 aromatic carbocycles. The highest BCUT2D eigenvalue weighted by Gasteiger charge is 2.35. The van der Waals surface area contributed by atoms with Crippen molar-refractivity contribution in [2.24, 2.45) is 5.73 Å². The van der Waals surface area contributed by atoms with E-state index in [-0.39, 0.29) is 11.8 Å². The average molecular weight is 227 g/mol. The van der Waals surface area contributed by atoms with E-state index in [9.17, 15) is 4.79 Å². The number of likely N-dealkylation sites (N-methyl/N-ethyl adjacent to an activating group) is 1. The third-order valence-corrected chi connectivity index (χ3v) is 3.69. The van der Waals surface area contributed by atoms with Crippen LogP contribution in [0.3, 0.4) is 0 Å². The third-order valence-electron chi connectivity index (χ3n) is 3.69. The topological polar surface area (TPSA) is 43.1 Å². The van der Waals surface area contributed by atoms with E-state index in [0.717, 1.165) is 30.5 Å². The number of hydrogen-bond acceptors (Lipinski definition) is 2. The molecule has 0 bridgehead atoms. The number of carbonyl (C=O) groups is 1. The highest BCUT2D eigenvalue weighted by atomic mass is 16.1. The van der Waals surface area contributed by atoms with Crippen LogP contribution in [-0.4, -0.2) is 42.5 Å². The van der Waals surface area contributed by atoms with Crippen molar-refractivity contribution in [2.45, 2.75) is 40.2 Å². The minimum absolute atomic E-state index is 0.000880. The molecule has 1 atom stereocenters. The zero-order chi connectivity index (χ0) is 12.8. The molecular formula is C13H27N2O+. The van der Waals surface area contributed by atoms with Crippen LogP contribution in [0.15, 0.2) is 12.2 Å². The standard InChI is InChI=1S/C13H27N2O/c1-6-15(7-2,10-8-9-14)12(5)13(16)11(3)4/h12H,3,6-10,14H2,1-2,4-5H3/q+1. The van der Waals surface area contributed by atoms with Crippen LogP contribution in [0.5, 0.6) is 0 Å². The second-order valence-corrected chi connectivity index (χ2v) is 4.54. The Balaban J connectivity index is 4.87. The Hall–Kier alpha value is -0.670. The van der Waals surface area contributed by atoms with Crippen molar-refractivity contribution in [3.05, 3.63) is 12.2 Å². The van der Waals surface area contributed by atoms with Gasteiger partial charge in [0.05, 0.1) is 19.6 Å². The molecule has 0 saturated heterocycles. The van der Waals surface area contributed by atoms with Crippen LogP contribution in [0.4, 0.5) is 0 Å². The van der Waals surface area contributed by atoms with Crippen molar-refractivity contribution in [1.82, 2.24) is 0 Å². The van der Waals surface area contributed by atoms with E-state index in [2.05, 4.69) is 20.4 Å². The fourth-order valence-electron chi connectivity index (χ4n) is 2.29. The minimum Gasteiger partial charge on any atom is -0.330 e. The molecule has 0 fully saturated rings. The Labute approximate surface area is 99.9 Å². The van der Waals surface area contributed by atoms with Gasteiger partial charge in [0.15, 0.2) is 0 Å². The van der Waals surface area contributed by atoms with Gasteiger partial charge in [-0.1, -0.05) is 6.58 Å². The first-order chi connectivity index (χ1) is 7.45. The molecule has 0 aliphatic heterocycles. The summed E-state index contributed by atoms with van der Waals surface area (Å²) in [6, 6.07) is -0.000880. The predicted octanol–water partition coefficient (Wildman–Crippen LogP) is 1.73. The molecule has 0 aromatic heterocycles. The van der Waals surface area contributed by atoms with E-state index in [0.29, 0.717) is 12.1 Å². The molecule has 0 amide bonds. The van der Waals surface area contributed by atoms with E-state index >= 15 is 0 Å². The molecule has 0 rings (SSSR count). The summed E-state index contributed by atoms with van der Waals surface area (Å²) in [7, 11) is 0. The molecule has 1 unspecified atom stereocenters. The average Bonchev–Trinajstić information content (AvgIpc) is 2.29. The zero-order valence-electron chi connectivity index (χ0n) is 11.3. The molecule has 16 heavy (non-hydrogen) atoms. The van der Waals surface area contributed by atoms with Gasteiger partial charge in [-0.2, -0.15) is 0 Å². The summed E-state index contributed by atoms with van der Waals surface area (Å²) >= 11 is 0.